The number of carbonyl (C=O) groups is 1. The van der Waals surface area contributed by atoms with Crippen LogP contribution in [0, 0.1) is 20.2 Å². The van der Waals surface area contributed by atoms with Gasteiger partial charge >= 0.3 is 0 Å². The molecule has 8 nitrogen and oxygen atoms in total. The van der Waals surface area contributed by atoms with Crippen LogP contribution in [0.5, 0.6) is 0 Å². The van der Waals surface area contributed by atoms with Crippen molar-refractivity contribution in [1.82, 2.24) is 5.32 Å². The first-order valence-electron chi connectivity index (χ1n) is 5.70. The Kier molecular flexibility index (Phi) is 5.85. The Morgan fingerprint density at radius 3 is 2.50 bits per heavy atom. The molecule has 108 valence electrons. The third-order valence-corrected chi connectivity index (χ3v) is 2.73. The Hall–Kier alpha value is -2.22. The van der Waals surface area contributed by atoms with Crippen molar-refractivity contribution in [2.45, 2.75) is 12.8 Å². The predicted octanol–water partition coefficient (Wildman–Crippen LogP) is 1.79. The Morgan fingerprint density at radius 2 is 1.95 bits per heavy atom. The number of hydrogen-bond acceptors (Lipinski definition) is 5. The number of nitrogens with one attached hydrogen (secondary N) is 1. The fourth-order valence-electron chi connectivity index (χ4n) is 1.52. The molecule has 0 heterocycles. The minimum absolute atomic E-state index is 0.129. The number of nitro benzene ring substituents is 2. The summed E-state index contributed by atoms with van der Waals surface area (Å²) in [5.74, 6) is 0.00452. The highest BCUT2D eigenvalue weighted by Crippen LogP contribution is 2.24. The summed E-state index contributed by atoms with van der Waals surface area (Å²) in [7, 11) is 0. The highest BCUT2D eigenvalue weighted by atomic mass is 35.5. The number of carbonyl (C=O) groups excluding carboxylic acids is 1. The van der Waals surface area contributed by atoms with E-state index in [0.29, 0.717) is 18.8 Å². The zero-order chi connectivity index (χ0) is 15.1. The van der Waals surface area contributed by atoms with Crippen LogP contribution in [0.2, 0.25) is 0 Å². The summed E-state index contributed by atoms with van der Waals surface area (Å²) in [6.07, 6.45) is 0.381. The van der Waals surface area contributed by atoms with Crippen LogP contribution in [-0.2, 0) is 11.2 Å². The Labute approximate surface area is 119 Å². The SMILES string of the molecule is O=C(Cc1ccc([N+](=O)[O-])cc1[N+](=O)[O-])NCCCCl. The standard InChI is InChI=1S/C11H12ClN3O5/c12-4-1-5-13-11(16)6-8-2-3-9(14(17)18)7-10(8)15(19)20/h2-3,7H,1,4-6H2,(H,13,16). The zero-order valence-corrected chi connectivity index (χ0v) is 11.1. The fourth-order valence-corrected chi connectivity index (χ4v) is 1.65. The maximum Gasteiger partial charge on any atom is 0.279 e. The van der Waals surface area contributed by atoms with Crippen molar-refractivity contribution in [2.75, 3.05) is 12.4 Å². The lowest BCUT2D eigenvalue weighted by molar-refractivity contribution is -0.394. The van der Waals surface area contributed by atoms with E-state index < -0.39 is 21.4 Å². The summed E-state index contributed by atoms with van der Waals surface area (Å²) in [6, 6.07) is 3.20. The lowest BCUT2D eigenvalue weighted by Crippen LogP contribution is -2.26. The Morgan fingerprint density at radius 1 is 1.25 bits per heavy atom. The minimum Gasteiger partial charge on any atom is -0.356 e. The summed E-state index contributed by atoms with van der Waals surface area (Å²) in [5.41, 5.74) is -0.696. The van der Waals surface area contributed by atoms with E-state index >= 15 is 0 Å². The second kappa shape index (κ2) is 7.39. The molecule has 1 N–H and O–H groups in total. The van der Waals surface area contributed by atoms with Gasteiger partial charge in [-0.15, -0.1) is 11.6 Å². The summed E-state index contributed by atoms with van der Waals surface area (Å²) >= 11 is 5.45. The van der Waals surface area contributed by atoms with Gasteiger partial charge in [0.05, 0.1) is 22.3 Å². The summed E-state index contributed by atoms with van der Waals surface area (Å²) in [6.45, 7) is 0.378. The van der Waals surface area contributed by atoms with Crippen LogP contribution in [0.3, 0.4) is 0 Å². The van der Waals surface area contributed by atoms with Gasteiger partial charge < -0.3 is 5.32 Å². The van der Waals surface area contributed by atoms with Gasteiger partial charge in [-0.25, -0.2) is 0 Å². The highest BCUT2D eigenvalue weighted by molar-refractivity contribution is 6.17. The maximum absolute atomic E-state index is 11.6. The molecule has 0 spiro atoms. The van der Waals surface area contributed by atoms with Gasteiger partial charge in [-0.2, -0.15) is 0 Å². The Bertz CT molecular complexity index is 535. The first kappa shape index (κ1) is 15.8. The molecule has 1 aromatic carbocycles. The van der Waals surface area contributed by atoms with Crippen molar-refractivity contribution in [2.24, 2.45) is 0 Å². The molecule has 0 aliphatic rings. The highest BCUT2D eigenvalue weighted by Gasteiger charge is 2.20. The molecule has 0 radical (unpaired) electrons. The van der Waals surface area contributed by atoms with Crippen LogP contribution in [0.15, 0.2) is 18.2 Å². The van der Waals surface area contributed by atoms with Crippen molar-refractivity contribution in [1.29, 1.82) is 0 Å². The van der Waals surface area contributed by atoms with E-state index in [2.05, 4.69) is 5.32 Å². The number of hydrogen-bond donors (Lipinski definition) is 1. The van der Waals surface area contributed by atoms with Crippen molar-refractivity contribution in [3.05, 3.63) is 44.0 Å². The summed E-state index contributed by atoms with van der Waals surface area (Å²) in [5, 5.41) is 24.0. The van der Waals surface area contributed by atoms with Gasteiger partial charge in [0.2, 0.25) is 5.91 Å². The average molecular weight is 302 g/mol. The molecule has 0 atom stereocenters. The van der Waals surface area contributed by atoms with E-state index in [1.165, 1.54) is 6.07 Å². The lowest BCUT2D eigenvalue weighted by Gasteiger charge is -2.05. The van der Waals surface area contributed by atoms with Crippen LogP contribution in [0.25, 0.3) is 0 Å². The number of rotatable bonds is 7. The molecule has 1 rings (SSSR count). The van der Waals surface area contributed by atoms with Gasteiger partial charge in [-0.05, 0) is 12.5 Å². The molecule has 0 aliphatic heterocycles. The second-order valence-electron chi connectivity index (χ2n) is 3.90. The molecule has 20 heavy (non-hydrogen) atoms. The number of non-ortho nitro benzene ring substituents is 1. The van der Waals surface area contributed by atoms with Gasteiger partial charge in [-0.3, -0.25) is 25.0 Å². The van der Waals surface area contributed by atoms with Crippen LogP contribution in [-0.4, -0.2) is 28.2 Å². The molecule has 0 aromatic heterocycles. The van der Waals surface area contributed by atoms with E-state index in [-0.39, 0.29) is 17.7 Å². The molecule has 0 saturated carbocycles. The van der Waals surface area contributed by atoms with E-state index in [0.717, 1.165) is 12.1 Å². The summed E-state index contributed by atoms with van der Waals surface area (Å²) in [4.78, 5) is 31.6. The molecular formula is C11H12ClN3O5. The third kappa shape index (κ3) is 4.47. The van der Waals surface area contributed by atoms with Crippen LogP contribution >= 0.6 is 11.6 Å². The van der Waals surface area contributed by atoms with Gasteiger partial charge in [0.15, 0.2) is 0 Å². The normalized spacial score (nSPS) is 10.1. The number of alkyl halides is 1. The third-order valence-electron chi connectivity index (χ3n) is 2.46. The molecule has 0 saturated heterocycles. The molecule has 0 unspecified atom stereocenters. The van der Waals surface area contributed by atoms with E-state index in [4.69, 9.17) is 11.6 Å². The topological polar surface area (TPSA) is 115 Å². The van der Waals surface area contributed by atoms with Crippen LogP contribution < -0.4 is 5.32 Å². The summed E-state index contributed by atoms with van der Waals surface area (Å²) < 4.78 is 0. The molecule has 9 heteroatoms. The van der Waals surface area contributed by atoms with Crippen molar-refractivity contribution < 1.29 is 14.6 Å². The minimum atomic E-state index is -0.742. The largest absolute Gasteiger partial charge is 0.356 e. The number of nitro groups is 2. The van der Waals surface area contributed by atoms with Gasteiger partial charge in [-0.1, -0.05) is 0 Å². The monoisotopic (exact) mass is 301 g/mol. The molecule has 1 amide bonds. The first-order valence-corrected chi connectivity index (χ1v) is 6.23. The van der Waals surface area contributed by atoms with Crippen molar-refractivity contribution >= 4 is 28.9 Å². The van der Waals surface area contributed by atoms with Crippen LogP contribution in [0.1, 0.15) is 12.0 Å². The smallest absolute Gasteiger partial charge is 0.279 e. The number of nitrogens with zero attached hydrogens (tertiary/aromatic N) is 2. The average Bonchev–Trinajstić information content (AvgIpc) is 2.38. The number of benzene rings is 1. The van der Waals surface area contributed by atoms with E-state index in [1.807, 2.05) is 0 Å². The van der Waals surface area contributed by atoms with Crippen LogP contribution in [0.4, 0.5) is 11.4 Å². The molecule has 1 aromatic rings. The fraction of sp³-hybridized carbons (Fsp3) is 0.364. The zero-order valence-electron chi connectivity index (χ0n) is 10.4. The maximum atomic E-state index is 11.6. The molecule has 0 bridgehead atoms. The van der Waals surface area contributed by atoms with E-state index in [9.17, 15) is 25.0 Å². The second-order valence-corrected chi connectivity index (χ2v) is 4.27. The first-order chi connectivity index (χ1) is 9.45. The number of halogens is 1. The number of amides is 1. The van der Waals surface area contributed by atoms with Gasteiger partial charge in [0, 0.05) is 24.1 Å². The quantitative estimate of drug-likeness (QED) is 0.357. The predicted molar refractivity (Wildman–Crippen MR) is 71.8 cm³/mol. The van der Waals surface area contributed by atoms with Gasteiger partial charge in [0.25, 0.3) is 11.4 Å². The van der Waals surface area contributed by atoms with Crippen molar-refractivity contribution in [3.8, 4) is 0 Å². The lowest BCUT2D eigenvalue weighted by atomic mass is 10.1. The molecule has 0 fully saturated rings. The molecule has 0 aliphatic carbocycles. The van der Waals surface area contributed by atoms with Crippen molar-refractivity contribution in [3.63, 3.8) is 0 Å². The van der Waals surface area contributed by atoms with E-state index in [1.54, 1.807) is 0 Å². The molecular weight excluding hydrogens is 290 g/mol. The van der Waals surface area contributed by atoms with Gasteiger partial charge in [0.1, 0.15) is 0 Å². The Balaban J connectivity index is 2.86.